The zero-order valence-electron chi connectivity index (χ0n) is 21.8. The van der Waals surface area contributed by atoms with E-state index >= 15 is 0 Å². The lowest BCUT2D eigenvalue weighted by Crippen LogP contribution is -2.25. The van der Waals surface area contributed by atoms with Crippen LogP contribution in [-0.2, 0) is 0 Å². The highest BCUT2D eigenvalue weighted by atomic mass is 15.1. The summed E-state index contributed by atoms with van der Waals surface area (Å²) in [6.07, 6.45) is 7.15. The van der Waals surface area contributed by atoms with Crippen molar-refractivity contribution in [3.05, 3.63) is 126 Å². The molecule has 0 aliphatic heterocycles. The number of hydrogen-bond donors (Lipinski definition) is 0. The van der Waals surface area contributed by atoms with Crippen LogP contribution in [0, 0.1) is 11.8 Å². The van der Waals surface area contributed by atoms with E-state index in [4.69, 9.17) is 0 Å². The smallest absolute Gasteiger partial charge is 0.0540 e. The van der Waals surface area contributed by atoms with Crippen LogP contribution in [0.5, 0.6) is 0 Å². The lowest BCUT2D eigenvalue weighted by molar-refractivity contribution is 0.166. The molecule has 1 nitrogen and oxygen atoms in total. The fourth-order valence-electron chi connectivity index (χ4n) is 8.14. The van der Waals surface area contributed by atoms with Crippen LogP contribution in [0.25, 0.3) is 21.9 Å². The van der Waals surface area contributed by atoms with E-state index in [9.17, 15) is 0 Å². The van der Waals surface area contributed by atoms with Crippen molar-refractivity contribution in [1.29, 1.82) is 0 Å². The zero-order chi connectivity index (χ0) is 25.1. The van der Waals surface area contributed by atoms with Crippen LogP contribution in [0.4, 0.5) is 17.1 Å². The minimum Gasteiger partial charge on any atom is -0.310 e. The van der Waals surface area contributed by atoms with Gasteiger partial charge >= 0.3 is 0 Å². The Morgan fingerprint density at radius 2 is 1.05 bits per heavy atom. The SMILES string of the molecule is c1ccc(N(c2ccccc2)c2ccc(-c3ccc4c(c3)C3CC5CC(CC4C5)C3)c3ccccc23)cc1. The lowest BCUT2D eigenvalue weighted by Gasteiger charge is -2.38. The molecule has 0 spiro atoms. The summed E-state index contributed by atoms with van der Waals surface area (Å²) in [5, 5.41) is 2.61. The fraction of sp³-hybridized carbons (Fsp3) is 0.243. The fourth-order valence-corrected chi connectivity index (χ4v) is 8.14. The van der Waals surface area contributed by atoms with Crippen molar-refractivity contribution in [2.75, 3.05) is 4.90 Å². The third-order valence-electron chi connectivity index (χ3n) is 9.59. The maximum Gasteiger partial charge on any atom is 0.0540 e. The Balaban J connectivity index is 1.29. The van der Waals surface area contributed by atoms with Crippen LogP contribution in [0.3, 0.4) is 0 Å². The van der Waals surface area contributed by atoms with E-state index in [0.29, 0.717) is 0 Å². The highest BCUT2D eigenvalue weighted by Crippen LogP contribution is 2.56. The Kier molecular flexibility index (Phi) is 5.18. The van der Waals surface area contributed by atoms with Crippen LogP contribution in [0.15, 0.2) is 115 Å². The first-order chi connectivity index (χ1) is 18.8. The van der Waals surface area contributed by atoms with Gasteiger partial charge in [0.1, 0.15) is 0 Å². The molecule has 2 unspecified atom stereocenters. The van der Waals surface area contributed by atoms with Gasteiger partial charge in [-0.25, -0.2) is 0 Å². The van der Waals surface area contributed by atoms with Crippen molar-refractivity contribution in [1.82, 2.24) is 0 Å². The average Bonchev–Trinajstić information content (AvgIpc) is 3.14. The number of rotatable bonds is 4. The Morgan fingerprint density at radius 1 is 0.474 bits per heavy atom. The second kappa shape index (κ2) is 8.88. The second-order valence-corrected chi connectivity index (χ2v) is 11.8. The molecule has 4 aliphatic carbocycles. The second-order valence-electron chi connectivity index (χ2n) is 11.8. The molecule has 38 heavy (non-hydrogen) atoms. The third kappa shape index (κ3) is 3.60. The van der Waals surface area contributed by atoms with Crippen molar-refractivity contribution in [3.63, 3.8) is 0 Å². The van der Waals surface area contributed by atoms with Gasteiger partial charge in [0.25, 0.3) is 0 Å². The van der Waals surface area contributed by atoms with Crippen LogP contribution in [0.2, 0.25) is 0 Å². The van der Waals surface area contributed by atoms with Crippen molar-refractivity contribution < 1.29 is 0 Å². The number of benzene rings is 5. The Hall–Kier alpha value is -3.84. The molecule has 0 saturated heterocycles. The Morgan fingerprint density at radius 3 is 1.71 bits per heavy atom. The normalized spacial score (nSPS) is 23.3. The maximum atomic E-state index is 2.58. The number of anilines is 3. The van der Waals surface area contributed by atoms with Crippen molar-refractivity contribution in [2.24, 2.45) is 11.8 Å². The number of hydrogen-bond acceptors (Lipinski definition) is 1. The highest BCUT2D eigenvalue weighted by Gasteiger charge is 2.42. The first-order valence-electron chi connectivity index (χ1n) is 14.4. The van der Waals surface area contributed by atoms with E-state index in [1.807, 2.05) is 0 Å². The number of nitrogens with zero attached hydrogens (tertiary/aromatic N) is 1. The van der Waals surface area contributed by atoms with Gasteiger partial charge in [0.05, 0.1) is 5.69 Å². The van der Waals surface area contributed by atoms with Gasteiger partial charge in [0, 0.05) is 16.8 Å². The van der Waals surface area contributed by atoms with Gasteiger partial charge in [-0.3, -0.25) is 0 Å². The average molecular weight is 492 g/mol. The van der Waals surface area contributed by atoms with E-state index in [1.54, 1.807) is 11.1 Å². The third-order valence-corrected chi connectivity index (χ3v) is 9.59. The number of para-hydroxylation sites is 2. The van der Waals surface area contributed by atoms with Crippen LogP contribution in [0.1, 0.15) is 55.1 Å². The molecular weight excluding hydrogens is 458 g/mol. The summed E-state index contributed by atoms with van der Waals surface area (Å²) in [6, 6.07) is 42.6. The molecule has 0 amide bonds. The van der Waals surface area contributed by atoms with Crippen LogP contribution < -0.4 is 4.90 Å². The highest BCUT2D eigenvalue weighted by molar-refractivity contribution is 6.06. The summed E-state index contributed by atoms with van der Waals surface area (Å²) in [7, 11) is 0. The molecule has 1 heteroatoms. The number of fused-ring (bicyclic) bond motifs is 1. The quantitative estimate of drug-likeness (QED) is 0.242. The van der Waals surface area contributed by atoms with Crippen molar-refractivity contribution >= 4 is 27.8 Å². The molecule has 2 atom stereocenters. The molecule has 2 saturated carbocycles. The van der Waals surface area contributed by atoms with E-state index in [1.165, 1.54) is 71.1 Å². The monoisotopic (exact) mass is 491 g/mol. The first-order valence-corrected chi connectivity index (χ1v) is 14.4. The summed E-state index contributed by atoms with van der Waals surface area (Å²) < 4.78 is 0. The predicted molar refractivity (Wildman–Crippen MR) is 160 cm³/mol. The Labute approximate surface area is 225 Å². The minimum atomic E-state index is 0.762. The first kappa shape index (κ1) is 22.2. The molecule has 9 rings (SSSR count). The van der Waals surface area contributed by atoms with Gasteiger partial charge in [0.2, 0.25) is 0 Å². The van der Waals surface area contributed by atoms with Gasteiger partial charge in [-0.1, -0.05) is 84.9 Å². The van der Waals surface area contributed by atoms with Gasteiger partial charge in [-0.2, -0.15) is 0 Å². The topological polar surface area (TPSA) is 3.24 Å². The molecule has 5 aromatic rings. The molecule has 0 radical (unpaired) electrons. The standard InChI is InChI=1S/C37H33N/c1-3-9-30(10-4-1)38(31-11-5-2-6-12-31)37-18-17-32(34-13-7-8-14-35(34)37)27-15-16-33-28-20-25-19-26(21-28)23-29(22-25)36(33)24-27/h1-18,24-26,28-29H,19-23H2. The molecule has 0 aromatic heterocycles. The predicted octanol–water partition coefficient (Wildman–Crippen LogP) is 10.4. The zero-order valence-corrected chi connectivity index (χ0v) is 21.8. The lowest BCUT2D eigenvalue weighted by atomic mass is 9.67. The molecule has 4 bridgehead atoms. The minimum absolute atomic E-state index is 0.762. The summed E-state index contributed by atoms with van der Waals surface area (Å²) in [4.78, 5) is 2.39. The molecule has 4 aliphatic rings. The summed E-state index contributed by atoms with van der Waals surface area (Å²) in [5.41, 5.74) is 9.62. The van der Waals surface area contributed by atoms with Crippen LogP contribution in [-0.4, -0.2) is 0 Å². The van der Waals surface area contributed by atoms with Gasteiger partial charge in [-0.05, 0) is 114 Å². The van der Waals surface area contributed by atoms with Crippen LogP contribution >= 0.6 is 0 Å². The molecule has 2 fully saturated rings. The van der Waals surface area contributed by atoms with Crippen molar-refractivity contribution in [2.45, 2.75) is 43.9 Å². The summed E-state index contributed by atoms with van der Waals surface area (Å²) in [6.45, 7) is 0. The van der Waals surface area contributed by atoms with E-state index in [0.717, 1.165) is 23.7 Å². The molecule has 5 aromatic carbocycles. The maximum absolute atomic E-state index is 2.58. The molecule has 186 valence electrons. The molecular formula is C37H33N. The van der Waals surface area contributed by atoms with Gasteiger partial charge in [-0.15, -0.1) is 0 Å². The molecule has 0 heterocycles. The van der Waals surface area contributed by atoms with E-state index < -0.39 is 0 Å². The largest absolute Gasteiger partial charge is 0.310 e. The summed E-state index contributed by atoms with van der Waals surface area (Å²) in [5.74, 6) is 3.46. The molecule has 0 N–H and O–H groups in total. The van der Waals surface area contributed by atoms with E-state index in [-0.39, 0.29) is 0 Å². The summed E-state index contributed by atoms with van der Waals surface area (Å²) >= 11 is 0. The Bertz CT molecular complexity index is 1570. The van der Waals surface area contributed by atoms with E-state index in [2.05, 4.69) is 120 Å². The van der Waals surface area contributed by atoms with Crippen molar-refractivity contribution in [3.8, 4) is 11.1 Å². The van der Waals surface area contributed by atoms with Gasteiger partial charge < -0.3 is 4.90 Å². The van der Waals surface area contributed by atoms with Gasteiger partial charge in [0.15, 0.2) is 0 Å².